The van der Waals surface area contributed by atoms with Crippen molar-refractivity contribution in [3.05, 3.63) is 42.4 Å². The third-order valence-corrected chi connectivity index (χ3v) is 2.26. The van der Waals surface area contributed by atoms with Crippen LogP contribution in [0.5, 0.6) is 5.75 Å². The predicted molar refractivity (Wildman–Crippen MR) is 60.5 cm³/mol. The van der Waals surface area contributed by atoms with Gasteiger partial charge in [0.2, 0.25) is 0 Å². The first-order chi connectivity index (χ1) is 8.22. The number of carbonyl (C=O) groups is 1. The van der Waals surface area contributed by atoms with Gasteiger partial charge < -0.3 is 9.84 Å². The van der Waals surface area contributed by atoms with Crippen molar-refractivity contribution in [1.82, 2.24) is 9.97 Å². The monoisotopic (exact) mass is 230 g/mol. The van der Waals surface area contributed by atoms with Crippen molar-refractivity contribution < 1.29 is 14.6 Å². The maximum absolute atomic E-state index is 11.3. The van der Waals surface area contributed by atoms with Crippen LogP contribution in [-0.4, -0.2) is 28.2 Å². The van der Waals surface area contributed by atoms with Gasteiger partial charge in [-0.05, 0) is 18.2 Å². The Morgan fingerprint density at radius 1 is 1.35 bits per heavy atom. The quantitative estimate of drug-likeness (QED) is 0.794. The summed E-state index contributed by atoms with van der Waals surface area (Å²) in [5.41, 5.74) is 1.35. The molecular weight excluding hydrogens is 220 g/mol. The number of phenolic OH excluding ortho intramolecular Hbond substituents is 1. The Kier molecular flexibility index (Phi) is 3.00. The van der Waals surface area contributed by atoms with Crippen LogP contribution in [-0.2, 0) is 4.74 Å². The Morgan fingerprint density at radius 2 is 2.18 bits per heavy atom. The van der Waals surface area contributed by atoms with Gasteiger partial charge in [0.15, 0.2) is 0 Å². The highest BCUT2D eigenvalue weighted by atomic mass is 16.5. The third kappa shape index (κ3) is 2.23. The molecule has 0 bridgehead atoms. The minimum Gasteiger partial charge on any atom is -0.507 e. The van der Waals surface area contributed by atoms with Crippen LogP contribution in [0.25, 0.3) is 11.3 Å². The summed E-state index contributed by atoms with van der Waals surface area (Å²) in [6.45, 7) is 0. The Bertz CT molecular complexity index is 541. The van der Waals surface area contributed by atoms with E-state index in [1.807, 2.05) is 0 Å². The largest absolute Gasteiger partial charge is 0.507 e. The normalized spacial score (nSPS) is 9.94. The van der Waals surface area contributed by atoms with E-state index in [0.717, 1.165) is 0 Å². The van der Waals surface area contributed by atoms with E-state index in [-0.39, 0.29) is 11.3 Å². The van der Waals surface area contributed by atoms with Gasteiger partial charge in [-0.1, -0.05) is 0 Å². The lowest BCUT2D eigenvalue weighted by atomic mass is 10.1. The second-order valence-corrected chi connectivity index (χ2v) is 3.31. The molecule has 17 heavy (non-hydrogen) atoms. The molecule has 0 aliphatic carbocycles. The fourth-order valence-electron chi connectivity index (χ4n) is 1.43. The lowest BCUT2D eigenvalue weighted by Crippen LogP contribution is -2.00. The van der Waals surface area contributed by atoms with Gasteiger partial charge in [0.05, 0.1) is 24.6 Å². The summed E-state index contributed by atoms with van der Waals surface area (Å²) in [6.07, 6.45) is 4.61. The molecule has 0 unspecified atom stereocenters. The average molecular weight is 230 g/mol. The van der Waals surface area contributed by atoms with E-state index in [9.17, 15) is 9.90 Å². The fourth-order valence-corrected chi connectivity index (χ4v) is 1.43. The summed E-state index contributed by atoms with van der Waals surface area (Å²) >= 11 is 0. The molecule has 2 aromatic rings. The molecule has 0 fully saturated rings. The topological polar surface area (TPSA) is 72.3 Å². The van der Waals surface area contributed by atoms with Crippen LogP contribution in [0.2, 0.25) is 0 Å². The number of esters is 1. The maximum atomic E-state index is 11.3. The standard InChI is InChI=1S/C12H10N2O3/c1-17-12(16)8-2-3-9(11(15)6-8)10-7-13-4-5-14-10/h2-7,15H,1H3. The van der Waals surface area contributed by atoms with Crippen LogP contribution < -0.4 is 0 Å². The smallest absolute Gasteiger partial charge is 0.337 e. The van der Waals surface area contributed by atoms with Crippen LogP contribution in [0.3, 0.4) is 0 Å². The zero-order chi connectivity index (χ0) is 12.3. The van der Waals surface area contributed by atoms with Crippen molar-refractivity contribution in [1.29, 1.82) is 0 Å². The van der Waals surface area contributed by atoms with Crippen LogP contribution in [0.1, 0.15) is 10.4 Å². The molecule has 2 rings (SSSR count). The van der Waals surface area contributed by atoms with E-state index in [4.69, 9.17) is 0 Å². The number of methoxy groups -OCH3 is 1. The number of carbonyl (C=O) groups excluding carboxylic acids is 1. The molecule has 0 radical (unpaired) electrons. The number of aromatic hydroxyl groups is 1. The lowest BCUT2D eigenvalue weighted by molar-refractivity contribution is 0.0600. The highest BCUT2D eigenvalue weighted by Crippen LogP contribution is 2.27. The van der Waals surface area contributed by atoms with Crippen molar-refractivity contribution >= 4 is 5.97 Å². The van der Waals surface area contributed by atoms with E-state index in [0.29, 0.717) is 11.3 Å². The second kappa shape index (κ2) is 4.61. The maximum Gasteiger partial charge on any atom is 0.337 e. The van der Waals surface area contributed by atoms with Gasteiger partial charge in [-0.2, -0.15) is 0 Å². The summed E-state index contributed by atoms with van der Waals surface area (Å²) < 4.78 is 4.56. The van der Waals surface area contributed by atoms with Gasteiger partial charge in [-0.25, -0.2) is 4.79 Å². The van der Waals surface area contributed by atoms with E-state index in [2.05, 4.69) is 14.7 Å². The van der Waals surface area contributed by atoms with Gasteiger partial charge in [-0.3, -0.25) is 9.97 Å². The van der Waals surface area contributed by atoms with E-state index < -0.39 is 5.97 Å². The van der Waals surface area contributed by atoms with Crippen LogP contribution in [0, 0.1) is 0 Å². The van der Waals surface area contributed by atoms with Gasteiger partial charge in [0.1, 0.15) is 5.75 Å². The molecule has 86 valence electrons. The number of hydrogen-bond acceptors (Lipinski definition) is 5. The Labute approximate surface area is 97.7 Å². The number of phenols is 1. The number of aromatic nitrogens is 2. The molecule has 0 aliphatic rings. The molecule has 0 amide bonds. The molecular formula is C12H10N2O3. The van der Waals surface area contributed by atoms with Crippen molar-refractivity contribution in [3.8, 4) is 17.0 Å². The highest BCUT2D eigenvalue weighted by Gasteiger charge is 2.11. The van der Waals surface area contributed by atoms with Gasteiger partial charge in [0.25, 0.3) is 0 Å². The van der Waals surface area contributed by atoms with Gasteiger partial charge in [-0.15, -0.1) is 0 Å². The molecule has 0 atom stereocenters. The molecule has 1 aromatic heterocycles. The molecule has 1 N–H and O–H groups in total. The molecule has 0 saturated heterocycles. The lowest BCUT2D eigenvalue weighted by Gasteiger charge is -2.05. The molecule has 0 aliphatic heterocycles. The summed E-state index contributed by atoms with van der Waals surface area (Å²) in [5.74, 6) is -0.528. The first-order valence-electron chi connectivity index (χ1n) is 4.90. The average Bonchev–Trinajstić information content (AvgIpc) is 2.38. The third-order valence-electron chi connectivity index (χ3n) is 2.26. The summed E-state index contributed by atoms with van der Waals surface area (Å²) in [5, 5.41) is 9.81. The molecule has 1 aromatic carbocycles. The van der Waals surface area contributed by atoms with E-state index >= 15 is 0 Å². The van der Waals surface area contributed by atoms with Crippen LogP contribution in [0.15, 0.2) is 36.8 Å². The highest BCUT2D eigenvalue weighted by molar-refractivity contribution is 5.90. The van der Waals surface area contributed by atoms with Crippen molar-refractivity contribution in [2.75, 3.05) is 7.11 Å². The van der Waals surface area contributed by atoms with Crippen LogP contribution in [0.4, 0.5) is 0 Å². The summed E-state index contributed by atoms with van der Waals surface area (Å²) in [4.78, 5) is 19.2. The number of benzene rings is 1. The second-order valence-electron chi connectivity index (χ2n) is 3.31. The Balaban J connectivity index is 2.42. The Morgan fingerprint density at radius 3 is 2.76 bits per heavy atom. The zero-order valence-electron chi connectivity index (χ0n) is 9.12. The summed E-state index contributed by atoms with van der Waals surface area (Å²) in [7, 11) is 1.29. The van der Waals surface area contributed by atoms with Gasteiger partial charge >= 0.3 is 5.97 Å². The number of hydrogen-bond donors (Lipinski definition) is 1. The number of rotatable bonds is 2. The Hall–Kier alpha value is -2.43. The van der Waals surface area contributed by atoms with E-state index in [1.165, 1.54) is 25.6 Å². The van der Waals surface area contributed by atoms with Crippen molar-refractivity contribution in [3.63, 3.8) is 0 Å². The molecule has 5 nitrogen and oxygen atoms in total. The zero-order valence-corrected chi connectivity index (χ0v) is 9.12. The van der Waals surface area contributed by atoms with Crippen molar-refractivity contribution in [2.45, 2.75) is 0 Å². The molecule has 0 saturated carbocycles. The number of nitrogens with zero attached hydrogens (tertiary/aromatic N) is 2. The van der Waals surface area contributed by atoms with E-state index in [1.54, 1.807) is 18.3 Å². The molecule has 0 spiro atoms. The minimum absolute atomic E-state index is 0.0339. The molecule has 1 heterocycles. The SMILES string of the molecule is COC(=O)c1ccc(-c2cnccn2)c(O)c1. The first-order valence-corrected chi connectivity index (χ1v) is 4.90. The number of ether oxygens (including phenoxy) is 1. The summed E-state index contributed by atoms with van der Waals surface area (Å²) in [6, 6.07) is 4.51. The molecule has 5 heteroatoms. The van der Waals surface area contributed by atoms with Crippen molar-refractivity contribution in [2.24, 2.45) is 0 Å². The van der Waals surface area contributed by atoms with Crippen LogP contribution >= 0.6 is 0 Å². The van der Waals surface area contributed by atoms with Gasteiger partial charge in [0, 0.05) is 18.0 Å². The first kappa shape index (κ1) is 11.1. The predicted octanol–water partition coefficient (Wildman–Crippen LogP) is 1.64. The minimum atomic E-state index is -0.494. The fraction of sp³-hybridized carbons (Fsp3) is 0.0833.